The van der Waals surface area contributed by atoms with Gasteiger partial charge in [-0.1, -0.05) is 12.1 Å². The molecule has 5 heteroatoms. The molecule has 0 aliphatic carbocycles. The van der Waals surface area contributed by atoms with Gasteiger partial charge in [-0.15, -0.1) is 0 Å². The van der Waals surface area contributed by atoms with E-state index in [-0.39, 0.29) is 5.82 Å². The summed E-state index contributed by atoms with van der Waals surface area (Å²) in [6.45, 7) is 4.11. The zero-order valence-electron chi connectivity index (χ0n) is 14.7. The summed E-state index contributed by atoms with van der Waals surface area (Å²) < 4.78 is 18.1. The fourth-order valence-electron chi connectivity index (χ4n) is 3.23. The first-order chi connectivity index (χ1) is 12.2. The van der Waals surface area contributed by atoms with Crippen LogP contribution in [0.5, 0.6) is 5.88 Å². The third kappa shape index (κ3) is 5.51. The smallest absolute Gasteiger partial charge is 0.213 e. The number of methoxy groups -OCH3 is 1. The van der Waals surface area contributed by atoms with Crippen LogP contribution in [0.1, 0.15) is 24.0 Å². The highest BCUT2D eigenvalue weighted by molar-refractivity contribution is 5.20. The van der Waals surface area contributed by atoms with E-state index in [4.69, 9.17) is 4.74 Å². The molecule has 2 heterocycles. The fourth-order valence-corrected chi connectivity index (χ4v) is 3.23. The van der Waals surface area contributed by atoms with Crippen molar-refractivity contribution in [3.8, 4) is 5.88 Å². The predicted octanol–water partition coefficient (Wildman–Crippen LogP) is 3.03. The van der Waals surface area contributed by atoms with Crippen LogP contribution in [0.25, 0.3) is 0 Å². The molecule has 1 fully saturated rings. The van der Waals surface area contributed by atoms with Crippen LogP contribution < -0.4 is 10.1 Å². The molecule has 0 saturated carbocycles. The van der Waals surface area contributed by atoms with E-state index < -0.39 is 0 Å². The number of hydrogen-bond acceptors (Lipinski definition) is 4. The third-order valence-corrected chi connectivity index (χ3v) is 4.82. The molecule has 1 aromatic carbocycles. The lowest BCUT2D eigenvalue weighted by molar-refractivity contribution is 0.199. The Labute approximate surface area is 149 Å². The minimum absolute atomic E-state index is 0.164. The third-order valence-electron chi connectivity index (χ3n) is 4.82. The number of likely N-dealkylation sites (tertiary alicyclic amines) is 1. The highest BCUT2D eigenvalue weighted by Crippen LogP contribution is 2.14. The Bertz CT molecular complexity index is 654. The van der Waals surface area contributed by atoms with Crippen molar-refractivity contribution in [2.45, 2.75) is 31.8 Å². The quantitative estimate of drug-likeness (QED) is 0.839. The molecule has 0 unspecified atom stereocenters. The van der Waals surface area contributed by atoms with Crippen LogP contribution in [-0.4, -0.2) is 42.7 Å². The minimum Gasteiger partial charge on any atom is -0.481 e. The van der Waals surface area contributed by atoms with E-state index in [1.54, 1.807) is 25.4 Å². The number of hydrogen-bond donors (Lipinski definition) is 1. The van der Waals surface area contributed by atoms with Gasteiger partial charge in [-0.05, 0) is 61.7 Å². The first-order valence-corrected chi connectivity index (χ1v) is 8.92. The first-order valence-electron chi connectivity index (χ1n) is 8.92. The maximum atomic E-state index is 12.9. The lowest BCUT2D eigenvalue weighted by Crippen LogP contribution is -2.42. The van der Waals surface area contributed by atoms with Gasteiger partial charge in [0.2, 0.25) is 5.88 Å². The fraction of sp³-hybridized carbons (Fsp3) is 0.450. The van der Waals surface area contributed by atoms with Crippen LogP contribution in [0.3, 0.4) is 0 Å². The van der Waals surface area contributed by atoms with Crippen LogP contribution in [0, 0.1) is 5.82 Å². The second kappa shape index (κ2) is 8.92. The summed E-state index contributed by atoms with van der Waals surface area (Å²) in [5, 5.41) is 3.64. The van der Waals surface area contributed by atoms with E-state index in [2.05, 4.69) is 15.2 Å². The Morgan fingerprint density at radius 1 is 1.16 bits per heavy atom. The summed E-state index contributed by atoms with van der Waals surface area (Å²) in [5.74, 6) is 0.498. The van der Waals surface area contributed by atoms with E-state index >= 15 is 0 Å². The van der Waals surface area contributed by atoms with Gasteiger partial charge in [0, 0.05) is 31.4 Å². The zero-order chi connectivity index (χ0) is 17.5. The van der Waals surface area contributed by atoms with E-state index in [1.807, 2.05) is 24.3 Å². The lowest BCUT2D eigenvalue weighted by Gasteiger charge is -2.32. The molecule has 1 aliphatic heterocycles. The van der Waals surface area contributed by atoms with Crippen LogP contribution in [-0.2, 0) is 13.0 Å². The molecule has 0 radical (unpaired) electrons. The molecule has 1 saturated heterocycles. The van der Waals surface area contributed by atoms with E-state index in [0.717, 1.165) is 45.4 Å². The summed E-state index contributed by atoms with van der Waals surface area (Å²) in [6, 6.07) is 11.4. The average Bonchev–Trinajstić information content (AvgIpc) is 2.67. The van der Waals surface area contributed by atoms with Gasteiger partial charge in [-0.2, -0.15) is 0 Å². The number of ether oxygens (including phenoxy) is 1. The molecule has 134 valence electrons. The minimum atomic E-state index is -0.164. The summed E-state index contributed by atoms with van der Waals surface area (Å²) in [4.78, 5) is 6.63. The van der Waals surface area contributed by atoms with Crippen molar-refractivity contribution in [3.05, 3.63) is 59.5 Å². The van der Waals surface area contributed by atoms with Crippen molar-refractivity contribution in [2.24, 2.45) is 0 Å². The van der Waals surface area contributed by atoms with Gasteiger partial charge < -0.3 is 15.0 Å². The van der Waals surface area contributed by atoms with Crippen LogP contribution in [0.2, 0.25) is 0 Å². The SMILES string of the molecule is COc1cc(CNC2CCN(CCc3ccc(F)cc3)CC2)ccn1. The van der Waals surface area contributed by atoms with Crippen molar-refractivity contribution in [1.82, 2.24) is 15.2 Å². The second-order valence-corrected chi connectivity index (χ2v) is 6.58. The Morgan fingerprint density at radius 3 is 2.64 bits per heavy atom. The molecule has 0 atom stereocenters. The van der Waals surface area contributed by atoms with Crippen molar-refractivity contribution in [3.63, 3.8) is 0 Å². The highest BCUT2D eigenvalue weighted by atomic mass is 19.1. The van der Waals surface area contributed by atoms with E-state index in [0.29, 0.717) is 11.9 Å². The molecule has 1 aromatic heterocycles. The number of nitrogens with one attached hydrogen (secondary N) is 1. The lowest BCUT2D eigenvalue weighted by atomic mass is 10.0. The maximum Gasteiger partial charge on any atom is 0.213 e. The molecule has 0 bridgehead atoms. The monoisotopic (exact) mass is 343 g/mol. The molecule has 1 aliphatic rings. The van der Waals surface area contributed by atoms with Crippen LogP contribution >= 0.6 is 0 Å². The topological polar surface area (TPSA) is 37.4 Å². The van der Waals surface area contributed by atoms with Crippen LogP contribution in [0.4, 0.5) is 4.39 Å². The number of benzene rings is 1. The van der Waals surface area contributed by atoms with E-state index in [9.17, 15) is 4.39 Å². The summed E-state index contributed by atoms with van der Waals surface area (Å²) >= 11 is 0. The molecule has 25 heavy (non-hydrogen) atoms. The Balaban J connectivity index is 1.37. The van der Waals surface area contributed by atoms with Gasteiger partial charge >= 0.3 is 0 Å². The molecule has 4 nitrogen and oxygen atoms in total. The number of halogens is 1. The molecular formula is C20H26FN3O. The van der Waals surface area contributed by atoms with Crippen molar-refractivity contribution in [2.75, 3.05) is 26.7 Å². The van der Waals surface area contributed by atoms with Gasteiger partial charge in [-0.3, -0.25) is 0 Å². The molecule has 0 amide bonds. The summed E-state index contributed by atoms with van der Waals surface area (Å²) in [6.07, 6.45) is 5.08. The molecular weight excluding hydrogens is 317 g/mol. The maximum absolute atomic E-state index is 12.9. The molecule has 1 N–H and O–H groups in total. The summed E-state index contributed by atoms with van der Waals surface area (Å²) in [5.41, 5.74) is 2.40. The number of aromatic nitrogens is 1. The van der Waals surface area contributed by atoms with Gasteiger partial charge in [0.1, 0.15) is 5.82 Å². The van der Waals surface area contributed by atoms with Gasteiger partial charge in [0.25, 0.3) is 0 Å². The average molecular weight is 343 g/mol. The van der Waals surface area contributed by atoms with E-state index in [1.165, 1.54) is 11.1 Å². The van der Waals surface area contributed by atoms with Crippen molar-refractivity contribution >= 4 is 0 Å². The Kier molecular flexibility index (Phi) is 6.36. The van der Waals surface area contributed by atoms with Crippen molar-refractivity contribution in [1.29, 1.82) is 0 Å². The highest BCUT2D eigenvalue weighted by Gasteiger charge is 2.18. The largest absolute Gasteiger partial charge is 0.481 e. The van der Waals surface area contributed by atoms with Gasteiger partial charge in [0.05, 0.1) is 7.11 Å². The normalized spacial score (nSPS) is 16.1. The zero-order valence-corrected chi connectivity index (χ0v) is 14.7. The number of pyridine rings is 1. The number of rotatable bonds is 7. The van der Waals surface area contributed by atoms with Gasteiger partial charge in [0.15, 0.2) is 0 Å². The second-order valence-electron chi connectivity index (χ2n) is 6.58. The predicted molar refractivity (Wildman–Crippen MR) is 97.2 cm³/mol. The van der Waals surface area contributed by atoms with Gasteiger partial charge in [-0.25, -0.2) is 9.37 Å². The molecule has 0 spiro atoms. The number of nitrogens with zero attached hydrogens (tertiary/aromatic N) is 2. The molecule has 3 rings (SSSR count). The number of piperidine rings is 1. The standard InChI is InChI=1S/C20H26FN3O/c1-25-20-14-17(6-10-22-20)15-23-19-8-12-24(13-9-19)11-7-16-2-4-18(21)5-3-16/h2-6,10,14,19,23H,7-9,11-13,15H2,1H3. The Hall–Kier alpha value is -1.98. The first kappa shape index (κ1) is 17.8. The Morgan fingerprint density at radius 2 is 1.92 bits per heavy atom. The molecule has 2 aromatic rings. The summed E-state index contributed by atoms with van der Waals surface area (Å²) in [7, 11) is 1.64. The van der Waals surface area contributed by atoms with Crippen molar-refractivity contribution < 1.29 is 9.13 Å². The van der Waals surface area contributed by atoms with Crippen LogP contribution in [0.15, 0.2) is 42.6 Å².